The fraction of sp³-hybridized carbons (Fsp3) is 0. The monoisotopic (exact) mass is 474 g/mol. The Balaban J connectivity index is 1.93. The first kappa shape index (κ1) is 20.5. The molecular formula is C20H12Cl2N4O2S2. The molecule has 4 rings (SSSR count). The quantitative estimate of drug-likeness (QED) is 0.185. The molecule has 150 valence electrons. The number of hydrogen-bond acceptors (Lipinski definition) is 6. The lowest BCUT2D eigenvalue weighted by Crippen LogP contribution is -2.11. The molecule has 0 aliphatic heterocycles. The number of benzene rings is 2. The maximum Gasteiger partial charge on any atom is 0.294 e. The number of thiazole rings is 1. The summed E-state index contributed by atoms with van der Waals surface area (Å²) in [5, 5.41) is 20.8. The summed E-state index contributed by atoms with van der Waals surface area (Å²) in [6.45, 7) is 0. The number of rotatable bonds is 5. The first-order valence-electron chi connectivity index (χ1n) is 8.55. The molecule has 4 aromatic rings. The molecule has 0 fully saturated rings. The van der Waals surface area contributed by atoms with Crippen LogP contribution in [-0.4, -0.2) is 15.8 Å². The van der Waals surface area contributed by atoms with Gasteiger partial charge in [0, 0.05) is 26.9 Å². The summed E-state index contributed by atoms with van der Waals surface area (Å²) in [6, 6.07) is 15.3. The summed E-state index contributed by atoms with van der Waals surface area (Å²) < 4.78 is 1.61. The second-order valence-corrected chi connectivity index (χ2v) is 8.62. The molecule has 2 aromatic heterocycles. The first-order chi connectivity index (χ1) is 14.5. The van der Waals surface area contributed by atoms with Gasteiger partial charge in [0.05, 0.1) is 21.9 Å². The average Bonchev–Trinajstić information content (AvgIpc) is 3.38. The van der Waals surface area contributed by atoms with Crippen molar-refractivity contribution in [1.82, 2.24) is 4.68 Å². The lowest BCUT2D eigenvalue weighted by Gasteiger charge is -2.06. The first-order valence-corrected chi connectivity index (χ1v) is 11.1. The number of para-hydroxylation sites is 2. The van der Waals surface area contributed by atoms with Gasteiger partial charge in [-0.15, -0.1) is 22.7 Å². The van der Waals surface area contributed by atoms with E-state index in [0.29, 0.717) is 26.1 Å². The molecule has 2 aromatic carbocycles. The molecule has 0 aliphatic rings. The van der Waals surface area contributed by atoms with Gasteiger partial charge in [-0.2, -0.15) is 5.10 Å². The van der Waals surface area contributed by atoms with Gasteiger partial charge in [0.2, 0.25) is 4.80 Å². The van der Waals surface area contributed by atoms with Crippen molar-refractivity contribution in [1.29, 1.82) is 0 Å². The number of nitrogens with zero attached hydrogens (tertiary/aromatic N) is 4. The molecule has 6 nitrogen and oxygen atoms in total. The van der Waals surface area contributed by atoms with Crippen molar-refractivity contribution in [2.24, 2.45) is 10.1 Å². The molecule has 0 amide bonds. The zero-order valence-electron chi connectivity index (χ0n) is 15.1. The predicted molar refractivity (Wildman–Crippen MR) is 123 cm³/mol. The number of thiophene rings is 1. The van der Waals surface area contributed by atoms with E-state index in [9.17, 15) is 10.1 Å². The molecule has 10 heteroatoms. The lowest BCUT2D eigenvalue weighted by atomic mass is 10.2. The number of aromatic nitrogens is 1. The van der Waals surface area contributed by atoms with Gasteiger partial charge < -0.3 is 0 Å². The minimum atomic E-state index is -0.458. The molecule has 0 unspecified atom stereocenters. The average molecular weight is 475 g/mol. The maximum atomic E-state index is 11.4. The Kier molecular flexibility index (Phi) is 6.10. The van der Waals surface area contributed by atoms with Gasteiger partial charge in [0.15, 0.2) is 0 Å². The molecular weight excluding hydrogens is 463 g/mol. The Morgan fingerprint density at radius 3 is 2.67 bits per heavy atom. The van der Waals surface area contributed by atoms with E-state index >= 15 is 0 Å². The molecule has 0 bridgehead atoms. The lowest BCUT2D eigenvalue weighted by molar-refractivity contribution is -0.384. The Hall–Kier alpha value is -2.78. The molecule has 2 heterocycles. The van der Waals surface area contributed by atoms with Gasteiger partial charge in [-0.3, -0.25) is 10.1 Å². The minimum Gasteiger partial charge on any atom is -0.258 e. The summed E-state index contributed by atoms with van der Waals surface area (Å²) in [7, 11) is 0. The van der Waals surface area contributed by atoms with E-state index in [4.69, 9.17) is 23.2 Å². The molecule has 0 atom stereocenters. The van der Waals surface area contributed by atoms with Crippen molar-refractivity contribution in [3.05, 3.63) is 95.2 Å². The number of halogens is 2. The fourth-order valence-corrected chi connectivity index (χ4v) is 4.47. The van der Waals surface area contributed by atoms with Crippen LogP contribution in [0.15, 0.2) is 75.5 Å². The maximum absolute atomic E-state index is 11.4. The van der Waals surface area contributed by atoms with E-state index in [2.05, 4.69) is 10.1 Å². The van der Waals surface area contributed by atoms with E-state index in [-0.39, 0.29) is 11.4 Å². The van der Waals surface area contributed by atoms with Crippen molar-refractivity contribution >= 4 is 63.5 Å². The Labute approximate surface area is 189 Å². The summed E-state index contributed by atoms with van der Waals surface area (Å²) in [4.78, 5) is 16.8. The van der Waals surface area contributed by atoms with Crippen LogP contribution in [0.5, 0.6) is 0 Å². The fourth-order valence-electron chi connectivity index (χ4n) is 2.66. The standard InChI is InChI=1S/C20H12Cl2N4O2S2/c21-13-7-8-16(22)15(10-13)19-12-30-20(25(19)23-11-14-4-3-9-29-14)24-17-5-1-2-6-18(17)26(27)28/h1-12H. The van der Waals surface area contributed by atoms with Crippen LogP contribution >= 0.6 is 45.9 Å². The number of nitro benzene ring substituents is 1. The number of nitro groups is 1. The van der Waals surface area contributed by atoms with Gasteiger partial charge in [0.25, 0.3) is 5.69 Å². The highest BCUT2D eigenvalue weighted by atomic mass is 35.5. The van der Waals surface area contributed by atoms with Crippen molar-refractivity contribution in [3.63, 3.8) is 0 Å². The van der Waals surface area contributed by atoms with E-state index in [1.165, 1.54) is 17.4 Å². The van der Waals surface area contributed by atoms with Crippen LogP contribution in [0.3, 0.4) is 0 Å². The molecule has 0 spiro atoms. The highest BCUT2D eigenvalue weighted by Crippen LogP contribution is 2.32. The van der Waals surface area contributed by atoms with E-state index < -0.39 is 4.92 Å². The molecule has 0 saturated heterocycles. The third-order valence-corrected chi connectivity index (χ3v) is 6.22. The van der Waals surface area contributed by atoms with Crippen molar-refractivity contribution in [3.8, 4) is 11.3 Å². The molecule has 0 saturated carbocycles. The largest absolute Gasteiger partial charge is 0.294 e. The van der Waals surface area contributed by atoms with Crippen LogP contribution in [0.2, 0.25) is 10.0 Å². The van der Waals surface area contributed by atoms with E-state index in [0.717, 1.165) is 4.88 Å². The van der Waals surface area contributed by atoms with Gasteiger partial charge >= 0.3 is 0 Å². The van der Waals surface area contributed by atoms with Gasteiger partial charge in [0.1, 0.15) is 5.69 Å². The van der Waals surface area contributed by atoms with Crippen molar-refractivity contribution < 1.29 is 4.92 Å². The summed E-state index contributed by atoms with van der Waals surface area (Å²) in [6.07, 6.45) is 1.71. The highest BCUT2D eigenvalue weighted by molar-refractivity contribution is 7.11. The molecule has 0 aliphatic carbocycles. The van der Waals surface area contributed by atoms with Crippen molar-refractivity contribution in [2.45, 2.75) is 0 Å². The molecule has 0 radical (unpaired) electrons. The van der Waals surface area contributed by atoms with Crippen LogP contribution in [-0.2, 0) is 0 Å². The van der Waals surface area contributed by atoms with Gasteiger partial charge in [-0.1, -0.05) is 41.4 Å². The molecule has 0 N–H and O–H groups in total. The van der Waals surface area contributed by atoms with Crippen LogP contribution in [0.1, 0.15) is 4.88 Å². The third kappa shape index (κ3) is 4.36. The second-order valence-electron chi connectivity index (χ2n) is 5.96. The smallest absolute Gasteiger partial charge is 0.258 e. The minimum absolute atomic E-state index is 0.0815. The topological polar surface area (TPSA) is 72.8 Å². The van der Waals surface area contributed by atoms with Gasteiger partial charge in [-0.05, 0) is 35.7 Å². The van der Waals surface area contributed by atoms with E-state index in [1.807, 2.05) is 22.9 Å². The Bertz CT molecular complexity index is 1310. The van der Waals surface area contributed by atoms with Crippen LogP contribution in [0.25, 0.3) is 11.3 Å². The summed E-state index contributed by atoms with van der Waals surface area (Å²) in [5.41, 5.74) is 1.53. The SMILES string of the molecule is O=[N+]([O-])c1ccccc1N=c1scc(-c2cc(Cl)ccc2Cl)n1N=Cc1cccs1. The van der Waals surface area contributed by atoms with Gasteiger partial charge in [-0.25, -0.2) is 9.67 Å². The zero-order chi connectivity index (χ0) is 21.1. The summed E-state index contributed by atoms with van der Waals surface area (Å²) in [5.74, 6) is 0. The van der Waals surface area contributed by atoms with Crippen LogP contribution in [0, 0.1) is 10.1 Å². The second kappa shape index (κ2) is 8.93. The van der Waals surface area contributed by atoms with Crippen LogP contribution in [0.4, 0.5) is 11.4 Å². The third-order valence-electron chi connectivity index (χ3n) is 4.03. The highest BCUT2D eigenvalue weighted by Gasteiger charge is 2.15. The normalized spacial score (nSPS) is 12.0. The Morgan fingerprint density at radius 1 is 1.07 bits per heavy atom. The number of hydrogen-bond donors (Lipinski definition) is 0. The summed E-state index contributed by atoms with van der Waals surface area (Å²) >= 11 is 15.4. The van der Waals surface area contributed by atoms with E-state index in [1.54, 1.807) is 58.6 Å². The zero-order valence-corrected chi connectivity index (χ0v) is 18.3. The Morgan fingerprint density at radius 2 is 1.90 bits per heavy atom. The van der Waals surface area contributed by atoms with Crippen LogP contribution < -0.4 is 4.80 Å². The predicted octanol–water partition coefficient (Wildman–Crippen LogP) is 6.61. The van der Waals surface area contributed by atoms with Crippen molar-refractivity contribution in [2.75, 3.05) is 0 Å². The molecule has 30 heavy (non-hydrogen) atoms.